The molecule has 11 heteroatoms. The van der Waals surface area contributed by atoms with Crippen molar-refractivity contribution >= 4 is 56.9 Å². The third kappa shape index (κ3) is 5.63. The van der Waals surface area contributed by atoms with E-state index in [9.17, 15) is 22.8 Å². The molecule has 3 aromatic carbocycles. The van der Waals surface area contributed by atoms with Gasteiger partial charge in [-0.2, -0.15) is 16.9 Å². The van der Waals surface area contributed by atoms with E-state index < -0.39 is 33.8 Å². The van der Waals surface area contributed by atoms with Gasteiger partial charge in [0.05, 0.1) is 24.1 Å². The number of benzene rings is 3. The summed E-state index contributed by atoms with van der Waals surface area (Å²) in [5, 5.41) is 3.94. The summed E-state index contributed by atoms with van der Waals surface area (Å²) in [5.74, 6) is -1.47. The summed E-state index contributed by atoms with van der Waals surface area (Å²) in [4.78, 5) is 38.8. The van der Waals surface area contributed by atoms with Crippen molar-refractivity contribution in [2.24, 2.45) is 0 Å². The Morgan fingerprint density at radius 3 is 2.41 bits per heavy atom. The number of carbonyl (C=O) groups is 3. The van der Waals surface area contributed by atoms with E-state index in [0.717, 1.165) is 15.1 Å². The molecule has 4 rings (SSSR count). The van der Waals surface area contributed by atoms with Gasteiger partial charge in [0.25, 0.3) is 0 Å². The minimum absolute atomic E-state index is 0.0801. The van der Waals surface area contributed by atoms with Gasteiger partial charge in [-0.05, 0) is 53.6 Å². The Bertz CT molecular complexity index is 1440. The van der Waals surface area contributed by atoms with Crippen LogP contribution in [0, 0.1) is 0 Å². The standard InChI is InChI=1S/C26H27N3O6S2/c1-28(20-10-7-18(8-11-20)26(32)35-2)24(30)15-27-25(31)23-14-21(36)16-29(23)37(33,34)22-12-9-17-5-3-4-6-19(17)13-22/h3-13,21,23,36H,14-16H2,1-2H3,(H,27,31)/t21-,23+/m1/s1. The molecule has 3 aromatic rings. The summed E-state index contributed by atoms with van der Waals surface area (Å²) in [6, 6.07) is 17.5. The third-order valence-corrected chi connectivity index (χ3v) is 8.57. The van der Waals surface area contributed by atoms with Crippen molar-refractivity contribution in [1.29, 1.82) is 0 Å². The van der Waals surface area contributed by atoms with Gasteiger partial charge in [0.2, 0.25) is 21.8 Å². The Morgan fingerprint density at radius 1 is 1.05 bits per heavy atom. The van der Waals surface area contributed by atoms with Crippen LogP contribution >= 0.6 is 12.6 Å². The first-order chi connectivity index (χ1) is 17.6. The summed E-state index contributed by atoms with van der Waals surface area (Å²) in [6.45, 7) is -0.248. The smallest absolute Gasteiger partial charge is 0.337 e. The van der Waals surface area contributed by atoms with Gasteiger partial charge in [0.1, 0.15) is 6.04 Å². The number of anilines is 1. The summed E-state index contributed by atoms with van der Waals surface area (Å²) in [6.07, 6.45) is 0.223. The van der Waals surface area contributed by atoms with E-state index in [-0.39, 0.29) is 29.7 Å². The van der Waals surface area contributed by atoms with Crippen LogP contribution in [-0.2, 0) is 24.3 Å². The lowest BCUT2D eigenvalue weighted by molar-refractivity contribution is -0.127. The first-order valence-electron chi connectivity index (χ1n) is 11.5. The van der Waals surface area contributed by atoms with Crippen LogP contribution in [0.25, 0.3) is 10.8 Å². The first kappa shape index (κ1) is 26.6. The van der Waals surface area contributed by atoms with Gasteiger partial charge in [-0.1, -0.05) is 30.3 Å². The Hall–Kier alpha value is -3.41. The molecule has 37 heavy (non-hydrogen) atoms. The molecule has 1 heterocycles. The molecule has 0 unspecified atom stereocenters. The molecule has 1 aliphatic heterocycles. The Balaban J connectivity index is 1.44. The maximum atomic E-state index is 13.5. The molecule has 1 N–H and O–H groups in total. The van der Waals surface area contributed by atoms with Gasteiger partial charge < -0.3 is 15.0 Å². The molecule has 9 nitrogen and oxygen atoms in total. The van der Waals surface area contributed by atoms with Crippen molar-refractivity contribution in [3.05, 3.63) is 72.3 Å². The molecule has 194 valence electrons. The maximum absolute atomic E-state index is 13.5. The molecule has 1 saturated heterocycles. The van der Waals surface area contributed by atoms with Crippen LogP contribution in [0.4, 0.5) is 5.69 Å². The van der Waals surface area contributed by atoms with E-state index in [1.165, 1.54) is 37.3 Å². The number of hydrogen-bond donors (Lipinski definition) is 2. The molecular formula is C26H27N3O6S2. The number of rotatable bonds is 7. The van der Waals surface area contributed by atoms with Gasteiger partial charge in [-0.25, -0.2) is 13.2 Å². The Kier molecular flexibility index (Phi) is 7.86. The van der Waals surface area contributed by atoms with Crippen molar-refractivity contribution in [3.63, 3.8) is 0 Å². The molecule has 0 spiro atoms. The van der Waals surface area contributed by atoms with Crippen molar-refractivity contribution < 1.29 is 27.5 Å². The molecule has 2 atom stereocenters. The average Bonchev–Trinajstić information content (AvgIpc) is 3.33. The second kappa shape index (κ2) is 10.9. The largest absolute Gasteiger partial charge is 0.465 e. The van der Waals surface area contributed by atoms with Crippen LogP contribution in [0.3, 0.4) is 0 Å². The number of carbonyl (C=O) groups excluding carboxylic acids is 3. The molecule has 0 bridgehead atoms. The summed E-state index contributed by atoms with van der Waals surface area (Å²) >= 11 is 4.43. The van der Waals surface area contributed by atoms with Crippen LogP contribution < -0.4 is 10.2 Å². The average molecular weight is 542 g/mol. The van der Waals surface area contributed by atoms with E-state index in [1.54, 1.807) is 24.3 Å². The van der Waals surface area contributed by atoms with Crippen LogP contribution in [0.2, 0.25) is 0 Å². The number of esters is 1. The van der Waals surface area contributed by atoms with E-state index in [1.807, 2.05) is 24.3 Å². The number of hydrogen-bond acceptors (Lipinski definition) is 7. The van der Waals surface area contributed by atoms with Crippen LogP contribution in [0.5, 0.6) is 0 Å². The Morgan fingerprint density at radius 2 is 1.73 bits per heavy atom. The highest BCUT2D eigenvalue weighted by atomic mass is 32.2. The monoisotopic (exact) mass is 541 g/mol. The van der Waals surface area contributed by atoms with Gasteiger partial charge in [-0.15, -0.1) is 0 Å². The minimum atomic E-state index is -3.98. The van der Waals surface area contributed by atoms with Crippen molar-refractivity contribution in [3.8, 4) is 0 Å². The number of likely N-dealkylation sites (N-methyl/N-ethyl adjacent to an activating group) is 1. The number of fused-ring (bicyclic) bond motifs is 1. The van der Waals surface area contributed by atoms with E-state index in [4.69, 9.17) is 0 Å². The fraction of sp³-hybridized carbons (Fsp3) is 0.269. The molecule has 1 aliphatic rings. The zero-order valence-corrected chi connectivity index (χ0v) is 22.0. The van der Waals surface area contributed by atoms with Crippen molar-refractivity contribution in [2.45, 2.75) is 22.6 Å². The maximum Gasteiger partial charge on any atom is 0.337 e. The van der Waals surface area contributed by atoms with Crippen LogP contribution in [0.1, 0.15) is 16.8 Å². The highest BCUT2D eigenvalue weighted by Crippen LogP contribution is 2.30. The van der Waals surface area contributed by atoms with E-state index in [0.29, 0.717) is 11.3 Å². The quantitative estimate of drug-likeness (QED) is 0.351. The fourth-order valence-corrected chi connectivity index (χ4v) is 6.40. The predicted octanol–water partition coefficient (Wildman–Crippen LogP) is 2.47. The molecular weight excluding hydrogens is 514 g/mol. The number of nitrogens with zero attached hydrogens (tertiary/aromatic N) is 2. The lowest BCUT2D eigenvalue weighted by Crippen LogP contribution is -2.48. The molecule has 1 fully saturated rings. The number of sulfonamides is 1. The summed E-state index contributed by atoms with van der Waals surface area (Å²) < 4.78 is 32.8. The lowest BCUT2D eigenvalue weighted by Gasteiger charge is -2.24. The fourth-order valence-electron chi connectivity index (χ4n) is 4.23. The van der Waals surface area contributed by atoms with Crippen LogP contribution in [-0.4, -0.2) is 69.0 Å². The van der Waals surface area contributed by atoms with Crippen LogP contribution in [0.15, 0.2) is 71.6 Å². The van der Waals surface area contributed by atoms with Gasteiger partial charge in [0.15, 0.2) is 0 Å². The van der Waals surface area contributed by atoms with E-state index >= 15 is 0 Å². The Labute approximate surface area is 220 Å². The highest BCUT2D eigenvalue weighted by molar-refractivity contribution is 7.89. The predicted molar refractivity (Wildman–Crippen MR) is 143 cm³/mol. The van der Waals surface area contributed by atoms with Gasteiger partial charge in [0, 0.05) is 24.5 Å². The normalized spacial score (nSPS) is 17.9. The van der Waals surface area contributed by atoms with Gasteiger partial charge >= 0.3 is 5.97 Å². The van der Waals surface area contributed by atoms with Crippen molar-refractivity contribution in [2.75, 3.05) is 32.1 Å². The molecule has 0 saturated carbocycles. The van der Waals surface area contributed by atoms with Crippen molar-refractivity contribution in [1.82, 2.24) is 9.62 Å². The molecule has 0 radical (unpaired) electrons. The molecule has 0 aliphatic carbocycles. The molecule has 0 aromatic heterocycles. The lowest BCUT2D eigenvalue weighted by atomic mass is 10.1. The summed E-state index contributed by atoms with van der Waals surface area (Å²) in [5.41, 5.74) is 0.861. The van der Waals surface area contributed by atoms with Gasteiger partial charge in [-0.3, -0.25) is 9.59 Å². The second-order valence-corrected chi connectivity index (χ2v) is 11.3. The summed E-state index contributed by atoms with van der Waals surface area (Å²) in [7, 11) is -1.16. The minimum Gasteiger partial charge on any atom is -0.465 e. The number of thiol groups is 1. The zero-order valence-electron chi connectivity index (χ0n) is 20.3. The van der Waals surface area contributed by atoms with E-state index in [2.05, 4.69) is 22.7 Å². The third-order valence-electron chi connectivity index (χ3n) is 6.33. The second-order valence-electron chi connectivity index (χ2n) is 8.70. The highest BCUT2D eigenvalue weighted by Gasteiger charge is 2.43. The number of amides is 2. The molecule has 2 amide bonds. The number of ether oxygens (including phenoxy) is 1. The zero-order chi connectivity index (χ0) is 26.7. The first-order valence-corrected chi connectivity index (χ1v) is 13.5. The number of nitrogens with one attached hydrogen (secondary N) is 1. The number of methoxy groups -OCH3 is 1. The SMILES string of the molecule is COC(=O)c1ccc(N(C)C(=O)CNC(=O)[C@@H]2C[C@@H](S)CN2S(=O)(=O)c2ccc3ccccc3c2)cc1. The topological polar surface area (TPSA) is 113 Å².